The number of hydrogen-bond acceptors (Lipinski definition) is 3. The normalized spacial score (nSPS) is 10.4. The van der Waals surface area contributed by atoms with Gasteiger partial charge in [-0.05, 0) is 0 Å². The third-order valence-electron chi connectivity index (χ3n) is 1.02. The molecule has 0 radical (unpaired) electrons. The highest BCUT2D eigenvalue weighted by Crippen LogP contribution is 1.81. The van der Waals surface area contributed by atoms with Crippen molar-refractivity contribution in [1.82, 2.24) is 5.32 Å². The van der Waals surface area contributed by atoms with Crippen LogP contribution in [-0.4, -0.2) is 26.3 Å². The van der Waals surface area contributed by atoms with Crippen molar-refractivity contribution in [3.63, 3.8) is 0 Å². The summed E-state index contributed by atoms with van der Waals surface area (Å²) in [6.07, 6.45) is 3.83. The first-order chi connectivity index (χ1) is 5.31. The largest absolute Gasteiger partial charge is 0.364 e. The highest BCUT2D eigenvalue weighted by atomic mass is 16.5. The summed E-state index contributed by atoms with van der Waals surface area (Å²) in [5.41, 5.74) is 5.17. The number of carbonyl (C=O) groups is 1. The first-order valence-corrected chi connectivity index (χ1v) is 3.42. The molecule has 0 bridgehead atoms. The summed E-state index contributed by atoms with van der Waals surface area (Å²) in [5, 5.41) is 2.54. The van der Waals surface area contributed by atoms with E-state index in [1.807, 2.05) is 0 Å². The molecule has 1 amide bonds. The lowest BCUT2D eigenvalue weighted by atomic mass is 10.3. The smallest absolute Gasteiger partial charge is 0.225 e. The number of ether oxygens (including phenoxy) is 1. The van der Waals surface area contributed by atoms with Gasteiger partial charge < -0.3 is 15.8 Å². The maximum absolute atomic E-state index is 10.8. The maximum Gasteiger partial charge on any atom is 0.225 e. The predicted molar refractivity (Wildman–Crippen MR) is 42.8 cm³/mol. The van der Waals surface area contributed by atoms with Gasteiger partial charge in [0.25, 0.3) is 0 Å². The van der Waals surface area contributed by atoms with E-state index in [2.05, 4.69) is 10.1 Å². The number of hydrogen-bond donors (Lipinski definition) is 2. The number of carbonyl (C=O) groups excluding carboxylic acids is 1. The number of amides is 1. The summed E-state index contributed by atoms with van der Waals surface area (Å²) < 4.78 is 4.64. The van der Waals surface area contributed by atoms with Gasteiger partial charge in [-0.3, -0.25) is 4.79 Å². The number of methoxy groups -OCH3 is 1. The van der Waals surface area contributed by atoms with Crippen LogP contribution in [0.3, 0.4) is 0 Å². The zero-order valence-electron chi connectivity index (χ0n) is 6.67. The average Bonchev–Trinajstić information content (AvgIpc) is 2.01. The molecule has 0 aliphatic heterocycles. The van der Waals surface area contributed by atoms with E-state index in [1.54, 1.807) is 12.2 Å². The van der Waals surface area contributed by atoms with Gasteiger partial charge in [0.1, 0.15) is 6.73 Å². The molecule has 4 nitrogen and oxygen atoms in total. The molecule has 0 aliphatic carbocycles. The average molecular weight is 158 g/mol. The molecular weight excluding hydrogens is 144 g/mol. The van der Waals surface area contributed by atoms with Crippen LogP contribution in [0, 0.1) is 0 Å². The third-order valence-corrected chi connectivity index (χ3v) is 1.02. The Labute approximate surface area is 66.4 Å². The van der Waals surface area contributed by atoms with Crippen LogP contribution in [0.5, 0.6) is 0 Å². The van der Waals surface area contributed by atoms with E-state index in [-0.39, 0.29) is 12.6 Å². The molecule has 64 valence electrons. The zero-order chi connectivity index (χ0) is 8.53. The van der Waals surface area contributed by atoms with Gasteiger partial charge >= 0.3 is 0 Å². The van der Waals surface area contributed by atoms with E-state index in [1.165, 1.54) is 7.11 Å². The molecule has 0 aliphatic rings. The summed E-state index contributed by atoms with van der Waals surface area (Å²) in [5.74, 6) is -0.0587. The van der Waals surface area contributed by atoms with Crippen LogP contribution in [0.4, 0.5) is 0 Å². The Morgan fingerprint density at radius 3 is 2.91 bits per heavy atom. The van der Waals surface area contributed by atoms with Gasteiger partial charge in [0.15, 0.2) is 0 Å². The molecule has 0 unspecified atom stereocenters. The van der Waals surface area contributed by atoms with Crippen LogP contribution in [-0.2, 0) is 9.53 Å². The molecule has 11 heavy (non-hydrogen) atoms. The fraction of sp³-hybridized carbons (Fsp3) is 0.571. The summed E-state index contributed by atoms with van der Waals surface area (Å²) >= 11 is 0. The molecule has 0 aromatic heterocycles. The maximum atomic E-state index is 10.8. The summed E-state index contributed by atoms with van der Waals surface area (Å²) in [7, 11) is 1.52. The summed E-state index contributed by atoms with van der Waals surface area (Å²) in [6, 6.07) is 0. The second-order valence-corrected chi connectivity index (χ2v) is 1.94. The Morgan fingerprint density at radius 1 is 1.64 bits per heavy atom. The molecular formula is C7H14N2O2. The molecule has 0 atom stereocenters. The lowest BCUT2D eigenvalue weighted by Crippen LogP contribution is -2.24. The molecule has 0 spiro atoms. The van der Waals surface area contributed by atoms with Crippen molar-refractivity contribution >= 4 is 5.91 Å². The van der Waals surface area contributed by atoms with E-state index in [0.717, 1.165) is 0 Å². The van der Waals surface area contributed by atoms with E-state index in [0.29, 0.717) is 13.0 Å². The van der Waals surface area contributed by atoms with Crippen LogP contribution >= 0.6 is 0 Å². The molecule has 0 rings (SSSR count). The van der Waals surface area contributed by atoms with Crippen molar-refractivity contribution in [2.75, 3.05) is 20.4 Å². The second kappa shape index (κ2) is 7.24. The van der Waals surface area contributed by atoms with Gasteiger partial charge in [-0.25, -0.2) is 0 Å². The van der Waals surface area contributed by atoms with Gasteiger partial charge in [-0.1, -0.05) is 12.2 Å². The summed E-state index contributed by atoms with van der Waals surface area (Å²) in [4.78, 5) is 10.8. The Bertz CT molecular complexity index is 134. The van der Waals surface area contributed by atoms with Crippen LogP contribution < -0.4 is 11.1 Å². The number of nitrogens with two attached hydrogens (primary N) is 1. The van der Waals surface area contributed by atoms with Gasteiger partial charge in [0.2, 0.25) is 5.91 Å². The molecule has 0 heterocycles. The van der Waals surface area contributed by atoms with E-state index >= 15 is 0 Å². The van der Waals surface area contributed by atoms with Gasteiger partial charge in [0, 0.05) is 20.1 Å². The molecule has 0 saturated heterocycles. The van der Waals surface area contributed by atoms with Crippen molar-refractivity contribution in [2.45, 2.75) is 6.42 Å². The van der Waals surface area contributed by atoms with E-state index in [4.69, 9.17) is 5.73 Å². The predicted octanol–water partition coefficient (Wildman–Crippen LogP) is -0.388. The molecule has 4 heteroatoms. The van der Waals surface area contributed by atoms with Crippen molar-refractivity contribution in [1.29, 1.82) is 0 Å². The van der Waals surface area contributed by atoms with Crippen molar-refractivity contribution in [2.24, 2.45) is 5.73 Å². The Balaban J connectivity index is 3.29. The fourth-order valence-electron chi connectivity index (χ4n) is 0.511. The van der Waals surface area contributed by atoms with Crippen molar-refractivity contribution in [3.05, 3.63) is 12.2 Å². The Hall–Kier alpha value is -0.870. The van der Waals surface area contributed by atoms with Crippen LogP contribution in [0.1, 0.15) is 6.42 Å². The minimum Gasteiger partial charge on any atom is -0.364 e. The monoisotopic (exact) mass is 158 g/mol. The number of nitrogens with one attached hydrogen (secondary N) is 1. The first kappa shape index (κ1) is 10.1. The Morgan fingerprint density at radius 2 is 2.36 bits per heavy atom. The van der Waals surface area contributed by atoms with E-state index < -0.39 is 0 Å². The Kier molecular flexibility index (Phi) is 6.67. The minimum atomic E-state index is -0.0587. The lowest BCUT2D eigenvalue weighted by molar-refractivity contribution is -0.121. The van der Waals surface area contributed by atoms with E-state index in [9.17, 15) is 4.79 Å². The fourth-order valence-corrected chi connectivity index (χ4v) is 0.511. The van der Waals surface area contributed by atoms with Crippen LogP contribution in [0.15, 0.2) is 12.2 Å². The first-order valence-electron chi connectivity index (χ1n) is 3.42. The highest BCUT2D eigenvalue weighted by Gasteiger charge is 1.93. The minimum absolute atomic E-state index is 0.0587. The summed E-state index contributed by atoms with van der Waals surface area (Å²) in [6.45, 7) is 0.729. The van der Waals surface area contributed by atoms with Crippen LogP contribution in [0.25, 0.3) is 0 Å². The van der Waals surface area contributed by atoms with Crippen molar-refractivity contribution in [3.8, 4) is 0 Å². The topological polar surface area (TPSA) is 64.3 Å². The molecule has 0 fully saturated rings. The van der Waals surface area contributed by atoms with Crippen molar-refractivity contribution < 1.29 is 9.53 Å². The molecule has 3 N–H and O–H groups in total. The second-order valence-electron chi connectivity index (χ2n) is 1.94. The van der Waals surface area contributed by atoms with Crippen LogP contribution in [0.2, 0.25) is 0 Å². The lowest BCUT2D eigenvalue weighted by Gasteiger charge is -1.99. The third kappa shape index (κ3) is 7.02. The molecule has 0 saturated carbocycles. The van der Waals surface area contributed by atoms with Gasteiger partial charge in [0.05, 0.1) is 0 Å². The standard InChI is InChI=1S/C7H14N2O2/c1-11-6-9-7(10)4-2-3-5-8/h2-3H,4-6,8H2,1H3,(H,9,10)/b3-2-. The molecule has 0 aromatic rings. The SMILES string of the molecule is COCNC(=O)C/C=C\CN. The van der Waals surface area contributed by atoms with Gasteiger partial charge in [-0.2, -0.15) is 0 Å². The quantitative estimate of drug-likeness (QED) is 0.423. The number of rotatable bonds is 5. The zero-order valence-corrected chi connectivity index (χ0v) is 6.67. The highest BCUT2D eigenvalue weighted by molar-refractivity contribution is 5.77. The molecule has 0 aromatic carbocycles. The van der Waals surface area contributed by atoms with Gasteiger partial charge in [-0.15, -0.1) is 0 Å².